The van der Waals surface area contributed by atoms with Crippen molar-refractivity contribution < 1.29 is 9.13 Å². The summed E-state index contributed by atoms with van der Waals surface area (Å²) in [7, 11) is 1.39. The van der Waals surface area contributed by atoms with E-state index in [9.17, 15) is 9.18 Å². The maximum Gasteiger partial charge on any atom is 0.267 e. The van der Waals surface area contributed by atoms with E-state index < -0.39 is 5.82 Å². The van der Waals surface area contributed by atoms with E-state index in [0.29, 0.717) is 22.5 Å². The van der Waals surface area contributed by atoms with Gasteiger partial charge in [-0.05, 0) is 38.1 Å². The first-order valence-electron chi connectivity index (χ1n) is 7.97. The first-order chi connectivity index (χ1) is 12.4. The van der Waals surface area contributed by atoms with Crippen molar-refractivity contribution in [3.05, 3.63) is 52.7 Å². The Morgan fingerprint density at radius 1 is 1.23 bits per heavy atom. The third kappa shape index (κ3) is 3.26. The maximum absolute atomic E-state index is 14.1. The Morgan fingerprint density at radius 3 is 2.65 bits per heavy atom. The number of nitrogens with zero attached hydrogens (tertiary/aromatic N) is 4. The lowest BCUT2D eigenvalue weighted by molar-refractivity contribution is 0.386. The zero-order valence-electron chi connectivity index (χ0n) is 14.6. The number of nitrogens with two attached hydrogens (primary N) is 1. The van der Waals surface area contributed by atoms with Crippen LogP contribution in [0, 0.1) is 5.82 Å². The highest BCUT2D eigenvalue weighted by molar-refractivity contribution is 5.79. The third-order valence-corrected chi connectivity index (χ3v) is 3.82. The average molecular weight is 355 g/mol. The molecular formula is C18H18FN5O2. The number of hydrogen-bond acceptors (Lipinski definition) is 6. The number of nitrogen functional groups attached to an aromatic ring is 1. The molecule has 134 valence electrons. The van der Waals surface area contributed by atoms with Crippen LogP contribution in [0.15, 0.2) is 41.3 Å². The molecule has 0 aliphatic rings. The minimum Gasteiger partial charge on any atom is -0.494 e. The lowest BCUT2D eigenvalue weighted by Crippen LogP contribution is -2.24. The summed E-state index contributed by atoms with van der Waals surface area (Å²) in [5, 5.41) is 4.38. The number of benzene rings is 1. The Bertz CT molecular complexity index is 1020. The zero-order chi connectivity index (χ0) is 18.8. The Kier molecular flexibility index (Phi) is 4.66. The van der Waals surface area contributed by atoms with E-state index in [0.717, 1.165) is 0 Å². The second-order valence-electron chi connectivity index (χ2n) is 5.93. The predicted molar refractivity (Wildman–Crippen MR) is 96.3 cm³/mol. The number of anilines is 1. The van der Waals surface area contributed by atoms with Gasteiger partial charge in [0, 0.05) is 23.4 Å². The molecule has 0 amide bonds. The van der Waals surface area contributed by atoms with Gasteiger partial charge in [0.05, 0.1) is 24.5 Å². The van der Waals surface area contributed by atoms with Gasteiger partial charge in [-0.15, -0.1) is 0 Å². The summed E-state index contributed by atoms with van der Waals surface area (Å²) < 4.78 is 20.4. The molecule has 0 unspecified atom stereocenters. The molecule has 0 fully saturated rings. The first-order valence-corrected chi connectivity index (χ1v) is 7.97. The van der Waals surface area contributed by atoms with Crippen molar-refractivity contribution in [1.82, 2.24) is 19.7 Å². The van der Waals surface area contributed by atoms with Crippen molar-refractivity contribution in [3.63, 3.8) is 0 Å². The molecule has 2 aromatic heterocycles. The van der Waals surface area contributed by atoms with Crippen LogP contribution in [-0.4, -0.2) is 26.9 Å². The number of aromatic nitrogens is 4. The summed E-state index contributed by atoms with van der Waals surface area (Å²) in [5.41, 5.74) is 7.46. The van der Waals surface area contributed by atoms with Gasteiger partial charge in [-0.25, -0.2) is 19.0 Å². The second-order valence-corrected chi connectivity index (χ2v) is 5.93. The molecule has 2 N–H and O–H groups in total. The van der Waals surface area contributed by atoms with Crippen LogP contribution >= 0.6 is 0 Å². The molecule has 7 nitrogen and oxygen atoms in total. The number of rotatable bonds is 4. The van der Waals surface area contributed by atoms with E-state index in [1.54, 1.807) is 12.1 Å². The standard InChI is InChI=1S/C18H18FN5O2/c1-10(2)24-16(25)7-5-14(23-24)12-9-21-18(20)22-17(12)11-4-6-15(26-3)13(19)8-11/h4-10H,1-3H3,(H2,20,21,22). The van der Waals surface area contributed by atoms with Crippen molar-refractivity contribution >= 4 is 5.95 Å². The van der Waals surface area contributed by atoms with Crippen LogP contribution in [0.2, 0.25) is 0 Å². The molecule has 0 spiro atoms. The monoisotopic (exact) mass is 355 g/mol. The van der Waals surface area contributed by atoms with E-state index in [4.69, 9.17) is 10.5 Å². The highest BCUT2D eigenvalue weighted by atomic mass is 19.1. The summed E-state index contributed by atoms with van der Waals surface area (Å²) in [6, 6.07) is 7.39. The summed E-state index contributed by atoms with van der Waals surface area (Å²) in [4.78, 5) is 20.2. The van der Waals surface area contributed by atoms with Gasteiger partial charge >= 0.3 is 0 Å². The van der Waals surface area contributed by atoms with E-state index in [1.165, 1.54) is 36.2 Å². The summed E-state index contributed by atoms with van der Waals surface area (Å²) in [6.07, 6.45) is 1.51. The van der Waals surface area contributed by atoms with Crippen LogP contribution < -0.4 is 16.0 Å². The fourth-order valence-corrected chi connectivity index (χ4v) is 2.56. The molecule has 0 atom stereocenters. The molecule has 0 saturated heterocycles. The Morgan fingerprint density at radius 2 is 2.00 bits per heavy atom. The average Bonchev–Trinajstić information content (AvgIpc) is 2.62. The van der Waals surface area contributed by atoms with Crippen LogP contribution in [0.3, 0.4) is 0 Å². The molecule has 3 rings (SSSR count). The van der Waals surface area contributed by atoms with Crippen LogP contribution in [-0.2, 0) is 0 Å². The van der Waals surface area contributed by atoms with Crippen molar-refractivity contribution in [3.8, 4) is 28.3 Å². The Balaban J connectivity index is 2.20. The molecule has 0 bridgehead atoms. The van der Waals surface area contributed by atoms with Gasteiger partial charge in [-0.2, -0.15) is 5.10 Å². The van der Waals surface area contributed by atoms with Crippen molar-refractivity contribution in [1.29, 1.82) is 0 Å². The van der Waals surface area contributed by atoms with E-state index in [1.807, 2.05) is 13.8 Å². The van der Waals surface area contributed by atoms with Crippen molar-refractivity contribution in [2.45, 2.75) is 19.9 Å². The lowest BCUT2D eigenvalue weighted by Gasteiger charge is -2.13. The molecule has 3 aromatic rings. The highest BCUT2D eigenvalue weighted by Crippen LogP contribution is 2.31. The number of methoxy groups -OCH3 is 1. The van der Waals surface area contributed by atoms with Crippen LogP contribution in [0.25, 0.3) is 22.5 Å². The number of hydrogen-bond donors (Lipinski definition) is 1. The van der Waals surface area contributed by atoms with Crippen LogP contribution in [0.1, 0.15) is 19.9 Å². The topological polar surface area (TPSA) is 95.9 Å². The normalized spacial score (nSPS) is 11.0. The second kappa shape index (κ2) is 6.91. The van der Waals surface area contributed by atoms with Gasteiger partial charge in [-0.3, -0.25) is 4.79 Å². The van der Waals surface area contributed by atoms with Gasteiger partial charge in [-0.1, -0.05) is 0 Å². The maximum atomic E-state index is 14.1. The minimum atomic E-state index is -0.520. The van der Waals surface area contributed by atoms with E-state index >= 15 is 0 Å². The molecule has 0 aliphatic carbocycles. The van der Waals surface area contributed by atoms with Crippen molar-refractivity contribution in [2.75, 3.05) is 12.8 Å². The zero-order valence-corrected chi connectivity index (χ0v) is 14.6. The molecule has 0 saturated carbocycles. The smallest absolute Gasteiger partial charge is 0.267 e. The molecule has 2 heterocycles. The van der Waals surface area contributed by atoms with Gasteiger partial charge in [0.25, 0.3) is 5.56 Å². The Hall–Kier alpha value is -3.29. The quantitative estimate of drug-likeness (QED) is 0.773. The predicted octanol–water partition coefficient (Wildman–Crippen LogP) is 2.68. The number of ether oxygens (including phenoxy) is 1. The van der Waals surface area contributed by atoms with E-state index in [-0.39, 0.29) is 23.3 Å². The van der Waals surface area contributed by atoms with Crippen molar-refractivity contribution in [2.24, 2.45) is 0 Å². The van der Waals surface area contributed by atoms with Gasteiger partial charge in [0.1, 0.15) is 0 Å². The Labute approximate surface area is 149 Å². The fourth-order valence-electron chi connectivity index (χ4n) is 2.56. The lowest BCUT2D eigenvalue weighted by atomic mass is 10.0. The highest BCUT2D eigenvalue weighted by Gasteiger charge is 2.16. The first kappa shape index (κ1) is 17.5. The fraction of sp³-hybridized carbons (Fsp3) is 0.222. The number of halogens is 1. The summed E-state index contributed by atoms with van der Waals surface area (Å²) >= 11 is 0. The minimum absolute atomic E-state index is 0.0529. The van der Waals surface area contributed by atoms with Gasteiger partial charge < -0.3 is 10.5 Å². The summed E-state index contributed by atoms with van der Waals surface area (Å²) in [6.45, 7) is 3.72. The molecular weight excluding hydrogens is 337 g/mol. The molecule has 1 aromatic carbocycles. The van der Waals surface area contributed by atoms with Gasteiger partial charge in [0.15, 0.2) is 11.6 Å². The largest absolute Gasteiger partial charge is 0.494 e. The SMILES string of the molecule is COc1ccc(-c2nc(N)ncc2-c2ccc(=O)n(C(C)C)n2)cc1F. The molecule has 8 heteroatoms. The van der Waals surface area contributed by atoms with Crippen LogP contribution in [0.4, 0.5) is 10.3 Å². The molecule has 0 radical (unpaired) electrons. The third-order valence-electron chi connectivity index (χ3n) is 3.82. The molecule has 26 heavy (non-hydrogen) atoms. The van der Waals surface area contributed by atoms with Gasteiger partial charge in [0.2, 0.25) is 5.95 Å². The summed E-state index contributed by atoms with van der Waals surface area (Å²) in [5.74, 6) is -0.339. The van der Waals surface area contributed by atoms with E-state index in [2.05, 4.69) is 15.1 Å². The molecule has 0 aliphatic heterocycles. The van der Waals surface area contributed by atoms with Crippen LogP contribution in [0.5, 0.6) is 5.75 Å².